The van der Waals surface area contributed by atoms with Gasteiger partial charge < -0.3 is 29.0 Å². The summed E-state index contributed by atoms with van der Waals surface area (Å²) in [5, 5.41) is 3.26. The lowest BCUT2D eigenvalue weighted by Gasteiger charge is -2.32. The predicted octanol–water partition coefficient (Wildman–Crippen LogP) is 4.05. The first-order chi connectivity index (χ1) is 22.8. The van der Waals surface area contributed by atoms with Crippen LogP contribution in [0.5, 0.6) is 0 Å². The zero-order valence-electron chi connectivity index (χ0n) is 32.3. The molecule has 284 valence electrons. The SMILES string of the molecule is CC(C)(C)OC(=O)CN(CCNCC(CC(=O)OCc1ccccc1)N(CC(=O)OC(C)(C)C)CC(=O)OC(C)(C)C)CC(=O)OC(C)(C)C. The number of nitrogens with zero attached hydrogens (tertiary/aromatic N) is 2. The third-order valence-corrected chi connectivity index (χ3v) is 6.20. The second-order valence-corrected chi connectivity index (χ2v) is 16.2. The summed E-state index contributed by atoms with van der Waals surface area (Å²) in [4.78, 5) is 67.7. The normalized spacial score (nSPS) is 13.1. The molecule has 0 saturated carbocycles. The van der Waals surface area contributed by atoms with Crippen molar-refractivity contribution in [2.45, 2.75) is 125 Å². The van der Waals surface area contributed by atoms with E-state index < -0.39 is 58.3 Å². The van der Waals surface area contributed by atoms with Crippen LogP contribution in [0.15, 0.2) is 30.3 Å². The molecule has 1 atom stereocenters. The summed E-state index contributed by atoms with van der Waals surface area (Å²) in [6, 6.07) is 8.51. The Bertz CT molecular complexity index is 1180. The number of ether oxygens (including phenoxy) is 5. The Labute approximate surface area is 298 Å². The molecule has 1 aromatic rings. The maximum Gasteiger partial charge on any atom is 0.320 e. The van der Waals surface area contributed by atoms with Gasteiger partial charge in [-0.25, -0.2) is 0 Å². The molecule has 1 N–H and O–H groups in total. The molecule has 0 saturated heterocycles. The molecule has 0 aliphatic carbocycles. The van der Waals surface area contributed by atoms with E-state index in [2.05, 4.69) is 5.32 Å². The van der Waals surface area contributed by atoms with E-state index in [9.17, 15) is 24.0 Å². The van der Waals surface area contributed by atoms with Gasteiger partial charge in [-0.2, -0.15) is 0 Å². The molecule has 13 nitrogen and oxygen atoms in total. The van der Waals surface area contributed by atoms with E-state index in [1.165, 1.54) is 4.90 Å². The van der Waals surface area contributed by atoms with Crippen molar-refractivity contribution < 1.29 is 47.7 Å². The molecule has 0 aliphatic rings. The van der Waals surface area contributed by atoms with Gasteiger partial charge in [-0.3, -0.25) is 33.8 Å². The Morgan fingerprint density at radius 1 is 0.600 bits per heavy atom. The molecule has 50 heavy (non-hydrogen) atoms. The Morgan fingerprint density at radius 3 is 1.40 bits per heavy atom. The molecule has 13 heteroatoms. The number of carbonyl (C=O) groups excluding carboxylic acids is 5. The second kappa shape index (κ2) is 19.7. The van der Waals surface area contributed by atoms with Crippen LogP contribution in [-0.2, 0) is 54.3 Å². The molecule has 0 spiro atoms. The number of rotatable bonds is 18. The highest BCUT2D eigenvalue weighted by molar-refractivity contribution is 5.77. The fraction of sp³-hybridized carbons (Fsp3) is 0.703. The van der Waals surface area contributed by atoms with Gasteiger partial charge in [0.2, 0.25) is 0 Å². The molecule has 0 aliphatic heterocycles. The highest BCUT2D eigenvalue weighted by Crippen LogP contribution is 2.15. The first-order valence-electron chi connectivity index (χ1n) is 17.0. The van der Waals surface area contributed by atoms with Crippen molar-refractivity contribution in [3.63, 3.8) is 0 Å². The lowest BCUT2D eigenvalue weighted by molar-refractivity contribution is -0.163. The minimum atomic E-state index is -0.775. The highest BCUT2D eigenvalue weighted by Gasteiger charge is 2.30. The smallest absolute Gasteiger partial charge is 0.320 e. The molecule has 0 aromatic heterocycles. The van der Waals surface area contributed by atoms with Crippen molar-refractivity contribution >= 4 is 29.8 Å². The maximum atomic E-state index is 13.2. The minimum Gasteiger partial charge on any atom is -0.461 e. The summed E-state index contributed by atoms with van der Waals surface area (Å²) in [6.07, 6.45) is -0.162. The number of benzene rings is 1. The monoisotopic (exact) mass is 707 g/mol. The summed E-state index contributed by atoms with van der Waals surface area (Å²) < 4.78 is 27.6. The van der Waals surface area contributed by atoms with Crippen LogP contribution < -0.4 is 5.32 Å². The van der Waals surface area contributed by atoms with E-state index in [-0.39, 0.29) is 58.8 Å². The molecule has 0 fully saturated rings. The lowest BCUT2D eigenvalue weighted by Crippen LogP contribution is -2.50. The van der Waals surface area contributed by atoms with Gasteiger partial charge in [0.05, 0.1) is 32.6 Å². The maximum absolute atomic E-state index is 13.2. The van der Waals surface area contributed by atoms with Crippen molar-refractivity contribution in [2.24, 2.45) is 0 Å². The number of esters is 5. The largest absolute Gasteiger partial charge is 0.461 e. The van der Waals surface area contributed by atoms with E-state index >= 15 is 0 Å². The summed E-state index contributed by atoms with van der Waals surface area (Å²) in [6.45, 7) is 20.8. The summed E-state index contributed by atoms with van der Waals surface area (Å²) in [5.74, 6) is -2.69. The fourth-order valence-corrected chi connectivity index (χ4v) is 4.55. The van der Waals surface area contributed by atoms with Gasteiger partial charge in [0.1, 0.15) is 29.0 Å². The number of hydrogen-bond acceptors (Lipinski definition) is 13. The first kappa shape index (κ1) is 44.5. The van der Waals surface area contributed by atoms with Crippen LogP contribution in [0.2, 0.25) is 0 Å². The second-order valence-electron chi connectivity index (χ2n) is 16.2. The van der Waals surface area contributed by atoms with Crippen molar-refractivity contribution in [1.82, 2.24) is 15.1 Å². The van der Waals surface area contributed by atoms with Gasteiger partial charge >= 0.3 is 29.8 Å². The summed E-state index contributed by atoms with van der Waals surface area (Å²) >= 11 is 0. The molecule has 1 unspecified atom stereocenters. The van der Waals surface area contributed by atoms with E-state index in [0.717, 1.165) is 5.56 Å². The summed E-state index contributed by atoms with van der Waals surface area (Å²) in [7, 11) is 0. The van der Waals surface area contributed by atoms with Gasteiger partial charge in [-0.05, 0) is 88.6 Å². The average Bonchev–Trinajstić information content (AvgIpc) is 2.89. The molecular formula is C37H61N3O10. The lowest BCUT2D eigenvalue weighted by atomic mass is 10.1. The zero-order valence-corrected chi connectivity index (χ0v) is 32.3. The van der Waals surface area contributed by atoms with Gasteiger partial charge in [0.25, 0.3) is 0 Å². The van der Waals surface area contributed by atoms with Crippen molar-refractivity contribution in [3.05, 3.63) is 35.9 Å². The van der Waals surface area contributed by atoms with Crippen LogP contribution in [0.3, 0.4) is 0 Å². The highest BCUT2D eigenvalue weighted by atomic mass is 16.6. The van der Waals surface area contributed by atoms with E-state index in [4.69, 9.17) is 23.7 Å². The molecule has 1 rings (SSSR count). The zero-order chi connectivity index (χ0) is 38.3. The van der Waals surface area contributed by atoms with Crippen LogP contribution in [0.4, 0.5) is 0 Å². The Balaban J connectivity index is 3.21. The number of nitrogens with one attached hydrogen (secondary N) is 1. The summed E-state index contributed by atoms with van der Waals surface area (Å²) in [5.41, 5.74) is -2.15. The van der Waals surface area contributed by atoms with Crippen LogP contribution in [0.25, 0.3) is 0 Å². The molecule has 0 heterocycles. The van der Waals surface area contributed by atoms with Crippen molar-refractivity contribution in [3.8, 4) is 0 Å². The van der Waals surface area contributed by atoms with Gasteiger partial charge in [-0.1, -0.05) is 30.3 Å². The van der Waals surface area contributed by atoms with E-state index in [1.54, 1.807) is 88.0 Å². The Morgan fingerprint density at radius 2 is 1.00 bits per heavy atom. The van der Waals surface area contributed by atoms with Crippen LogP contribution >= 0.6 is 0 Å². The van der Waals surface area contributed by atoms with Crippen LogP contribution in [0, 0.1) is 0 Å². The predicted molar refractivity (Wildman–Crippen MR) is 189 cm³/mol. The minimum absolute atomic E-state index is 0.0578. The average molecular weight is 708 g/mol. The Kier molecular flexibility index (Phi) is 17.6. The molecule has 1 aromatic carbocycles. The molecular weight excluding hydrogens is 646 g/mol. The number of carbonyl (C=O) groups is 5. The third kappa shape index (κ3) is 23.0. The standard InChI is InChI=1S/C37H61N3O10/c1-34(2,3)47-30(42)22-39(23-31(43)48-35(4,5)6)19-18-38-21-28(20-29(41)46-26-27-16-14-13-15-17-27)40(24-32(44)49-36(7,8)9)25-33(45)50-37(10,11)12/h13-17,28,38H,18-26H2,1-12H3. The van der Waals surface area contributed by atoms with Crippen LogP contribution in [0.1, 0.15) is 95.1 Å². The van der Waals surface area contributed by atoms with E-state index in [1.807, 2.05) is 30.3 Å². The first-order valence-corrected chi connectivity index (χ1v) is 17.0. The van der Waals surface area contributed by atoms with E-state index in [0.29, 0.717) is 0 Å². The molecule has 0 radical (unpaired) electrons. The van der Waals surface area contributed by atoms with Gasteiger partial charge in [-0.15, -0.1) is 0 Å². The molecule has 0 bridgehead atoms. The molecule has 0 amide bonds. The van der Waals surface area contributed by atoms with Crippen LogP contribution in [-0.4, -0.2) is 114 Å². The number of hydrogen-bond donors (Lipinski definition) is 1. The fourth-order valence-electron chi connectivity index (χ4n) is 4.55. The topological polar surface area (TPSA) is 150 Å². The third-order valence-electron chi connectivity index (χ3n) is 6.20. The van der Waals surface area contributed by atoms with Gasteiger partial charge in [0, 0.05) is 25.7 Å². The van der Waals surface area contributed by atoms with Crippen molar-refractivity contribution in [1.29, 1.82) is 0 Å². The quantitative estimate of drug-likeness (QED) is 0.133. The Hall–Kier alpha value is -3.55. The van der Waals surface area contributed by atoms with Crippen molar-refractivity contribution in [2.75, 3.05) is 45.8 Å². The van der Waals surface area contributed by atoms with Gasteiger partial charge in [0.15, 0.2) is 0 Å².